The molecule has 8 heteroatoms. The van der Waals surface area contributed by atoms with Crippen LogP contribution >= 0.6 is 11.3 Å². The molecular formula is C14H13N3O4S. The fourth-order valence-corrected chi connectivity index (χ4v) is 2.31. The second-order valence-electron chi connectivity index (χ2n) is 4.34. The Bertz CT molecular complexity index is 668. The van der Waals surface area contributed by atoms with Crippen molar-refractivity contribution in [3.8, 4) is 0 Å². The van der Waals surface area contributed by atoms with E-state index in [1.54, 1.807) is 17.5 Å². The van der Waals surface area contributed by atoms with Gasteiger partial charge in [0.1, 0.15) is 0 Å². The highest BCUT2D eigenvalue weighted by atomic mass is 32.1. The molecule has 2 amide bonds. The monoisotopic (exact) mass is 319 g/mol. The van der Waals surface area contributed by atoms with Crippen LogP contribution in [-0.4, -0.2) is 23.3 Å². The van der Waals surface area contributed by atoms with E-state index in [0.717, 1.165) is 0 Å². The number of nitrogens with one attached hydrogen (secondary N) is 2. The fraction of sp³-hybridized carbons (Fsp3) is 0.143. The lowest BCUT2D eigenvalue weighted by Crippen LogP contribution is -2.27. The summed E-state index contributed by atoms with van der Waals surface area (Å²) in [7, 11) is 0. The van der Waals surface area contributed by atoms with E-state index in [9.17, 15) is 19.7 Å². The van der Waals surface area contributed by atoms with Crippen LogP contribution in [0.1, 0.15) is 16.1 Å². The Morgan fingerprint density at radius 2 is 1.91 bits per heavy atom. The van der Waals surface area contributed by atoms with Crippen LogP contribution in [0.5, 0.6) is 0 Å². The van der Waals surface area contributed by atoms with Gasteiger partial charge in [-0.15, -0.1) is 11.3 Å². The molecular weight excluding hydrogens is 306 g/mol. The summed E-state index contributed by atoms with van der Waals surface area (Å²) in [6, 6.07) is 9.03. The smallest absolute Gasteiger partial charge is 0.269 e. The van der Waals surface area contributed by atoms with Crippen molar-refractivity contribution in [2.24, 2.45) is 0 Å². The molecule has 0 aliphatic rings. The summed E-state index contributed by atoms with van der Waals surface area (Å²) in [6.45, 7) is 0.218. The summed E-state index contributed by atoms with van der Waals surface area (Å²) >= 11 is 1.33. The molecule has 0 unspecified atom stereocenters. The van der Waals surface area contributed by atoms with E-state index in [0.29, 0.717) is 10.6 Å². The molecule has 7 nitrogen and oxygen atoms in total. The zero-order valence-corrected chi connectivity index (χ0v) is 12.3. The topological polar surface area (TPSA) is 101 Å². The van der Waals surface area contributed by atoms with E-state index < -0.39 is 4.92 Å². The molecule has 0 saturated heterocycles. The van der Waals surface area contributed by atoms with E-state index in [2.05, 4.69) is 10.6 Å². The molecule has 2 aromatic rings. The summed E-state index contributed by atoms with van der Waals surface area (Å²) in [5, 5.41) is 17.6. The van der Waals surface area contributed by atoms with Crippen molar-refractivity contribution >= 4 is 34.5 Å². The average Bonchev–Trinajstić information content (AvgIpc) is 3.02. The van der Waals surface area contributed by atoms with Gasteiger partial charge in [0.05, 0.1) is 9.80 Å². The molecule has 0 fully saturated rings. The van der Waals surface area contributed by atoms with Crippen molar-refractivity contribution in [1.29, 1.82) is 0 Å². The van der Waals surface area contributed by atoms with Crippen LogP contribution < -0.4 is 10.6 Å². The number of anilines is 1. The number of nitrogens with zero attached hydrogens (tertiary/aromatic N) is 1. The first-order valence-corrected chi connectivity index (χ1v) is 7.30. The lowest BCUT2D eigenvalue weighted by molar-refractivity contribution is -0.384. The third kappa shape index (κ3) is 4.38. The third-order valence-corrected chi connectivity index (χ3v) is 3.61. The number of thiophene rings is 1. The van der Waals surface area contributed by atoms with Gasteiger partial charge >= 0.3 is 0 Å². The second-order valence-corrected chi connectivity index (χ2v) is 5.28. The molecule has 0 atom stereocenters. The fourth-order valence-electron chi connectivity index (χ4n) is 1.67. The first-order chi connectivity index (χ1) is 10.6. The van der Waals surface area contributed by atoms with E-state index in [1.165, 1.54) is 35.6 Å². The van der Waals surface area contributed by atoms with E-state index in [4.69, 9.17) is 0 Å². The molecule has 1 aromatic carbocycles. The number of nitro benzene ring substituents is 1. The lowest BCUT2D eigenvalue weighted by atomic mass is 10.2. The number of amides is 2. The molecule has 0 bridgehead atoms. The van der Waals surface area contributed by atoms with E-state index in [1.807, 2.05) is 0 Å². The SMILES string of the molecule is O=C(CCNC(=O)c1cccs1)Nc1ccc([N+](=O)[O-])cc1. The number of carbonyl (C=O) groups excluding carboxylic acids is 2. The Kier molecular flexibility index (Phi) is 5.21. The largest absolute Gasteiger partial charge is 0.351 e. The van der Waals surface area contributed by atoms with Crippen molar-refractivity contribution in [2.75, 3.05) is 11.9 Å². The Hall–Kier alpha value is -2.74. The minimum atomic E-state index is -0.508. The highest BCUT2D eigenvalue weighted by molar-refractivity contribution is 7.12. The zero-order chi connectivity index (χ0) is 15.9. The van der Waals surface area contributed by atoms with Gasteiger partial charge in [0, 0.05) is 30.8 Å². The molecule has 114 valence electrons. The van der Waals surface area contributed by atoms with Crippen molar-refractivity contribution in [2.45, 2.75) is 6.42 Å². The van der Waals surface area contributed by atoms with Gasteiger partial charge in [-0.3, -0.25) is 19.7 Å². The van der Waals surface area contributed by atoms with Crippen LogP contribution in [0.25, 0.3) is 0 Å². The predicted molar refractivity (Wildman–Crippen MR) is 83.0 cm³/mol. The molecule has 1 aromatic heterocycles. The zero-order valence-electron chi connectivity index (χ0n) is 11.4. The van der Waals surface area contributed by atoms with Crippen LogP contribution in [0.4, 0.5) is 11.4 Å². The van der Waals surface area contributed by atoms with Crippen molar-refractivity contribution in [1.82, 2.24) is 5.32 Å². The van der Waals surface area contributed by atoms with Crippen LogP contribution in [0.3, 0.4) is 0 Å². The maximum absolute atomic E-state index is 11.7. The quantitative estimate of drug-likeness (QED) is 0.630. The van der Waals surface area contributed by atoms with Crippen molar-refractivity contribution in [3.63, 3.8) is 0 Å². The summed E-state index contributed by atoms with van der Waals surface area (Å²) in [6.07, 6.45) is 0.119. The van der Waals surface area contributed by atoms with Gasteiger partial charge in [0.25, 0.3) is 11.6 Å². The normalized spacial score (nSPS) is 10.0. The molecule has 0 spiro atoms. The van der Waals surface area contributed by atoms with Gasteiger partial charge in [0.2, 0.25) is 5.91 Å². The number of nitro groups is 1. The van der Waals surface area contributed by atoms with Crippen molar-refractivity contribution in [3.05, 3.63) is 56.8 Å². The maximum atomic E-state index is 11.7. The molecule has 0 aliphatic carbocycles. The number of benzene rings is 1. The molecule has 0 saturated carbocycles. The molecule has 22 heavy (non-hydrogen) atoms. The number of hydrogen-bond acceptors (Lipinski definition) is 5. The molecule has 0 radical (unpaired) electrons. The lowest BCUT2D eigenvalue weighted by Gasteiger charge is -2.06. The molecule has 0 aliphatic heterocycles. The van der Waals surface area contributed by atoms with Crippen LogP contribution in [-0.2, 0) is 4.79 Å². The van der Waals surface area contributed by atoms with Crippen LogP contribution in [0.15, 0.2) is 41.8 Å². The summed E-state index contributed by atoms with van der Waals surface area (Å²) in [5.41, 5.74) is 0.432. The van der Waals surface area contributed by atoms with Gasteiger partial charge in [0.15, 0.2) is 0 Å². The van der Waals surface area contributed by atoms with E-state index in [-0.39, 0.29) is 30.5 Å². The average molecular weight is 319 g/mol. The highest BCUT2D eigenvalue weighted by Crippen LogP contribution is 2.15. The maximum Gasteiger partial charge on any atom is 0.269 e. The van der Waals surface area contributed by atoms with Gasteiger partial charge < -0.3 is 10.6 Å². The predicted octanol–water partition coefficient (Wildman–Crippen LogP) is 2.41. The first-order valence-electron chi connectivity index (χ1n) is 6.42. The second kappa shape index (κ2) is 7.32. The Morgan fingerprint density at radius 3 is 2.50 bits per heavy atom. The number of hydrogen-bond donors (Lipinski definition) is 2. The Morgan fingerprint density at radius 1 is 1.18 bits per heavy atom. The Balaban J connectivity index is 1.76. The van der Waals surface area contributed by atoms with Gasteiger partial charge in [-0.05, 0) is 23.6 Å². The van der Waals surface area contributed by atoms with E-state index >= 15 is 0 Å². The van der Waals surface area contributed by atoms with Gasteiger partial charge in [-0.1, -0.05) is 6.07 Å². The van der Waals surface area contributed by atoms with Crippen LogP contribution in [0, 0.1) is 10.1 Å². The molecule has 2 N–H and O–H groups in total. The Labute approximate surface area is 130 Å². The molecule has 2 rings (SSSR count). The number of carbonyl (C=O) groups is 2. The van der Waals surface area contributed by atoms with Crippen molar-refractivity contribution < 1.29 is 14.5 Å². The summed E-state index contributed by atoms with van der Waals surface area (Å²) in [4.78, 5) is 34.0. The summed E-state index contributed by atoms with van der Waals surface area (Å²) < 4.78 is 0. The highest BCUT2D eigenvalue weighted by Gasteiger charge is 2.08. The first kappa shape index (κ1) is 15.6. The minimum absolute atomic E-state index is 0.0405. The van der Waals surface area contributed by atoms with Crippen LogP contribution in [0.2, 0.25) is 0 Å². The third-order valence-electron chi connectivity index (χ3n) is 2.74. The number of non-ortho nitro benzene ring substituents is 1. The van der Waals surface area contributed by atoms with Gasteiger partial charge in [-0.25, -0.2) is 0 Å². The minimum Gasteiger partial charge on any atom is -0.351 e. The molecule has 1 heterocycles. The standard InChI is InChI=1S/C14H13N3O4S/c18-13(7-8-15-14(19)12-2-1-9-22-12)16-10-3-5-11(6-4-10)17(20)21/h1-6,9H,7-8H2,(H,15,19)(H,16,18). The van der Waals surface area contributed by atoms with Gasteiger partial charge in [-0.2, -0.15) is 0 Å². The summed E-state index contributed by atoms with van der Waals surface area (Å²) in [5.74, 6) is -0.488. The number of rotatable bonds is 6.